The number of nitrogens with zero attached hydrogens (tertiary/aromatic N) is 2. The van der Waals surface area contributed by atoms with Crippen LogP contribution in [0.2, 0.25) is 0 Å². The molecule has 0 radical (unpaired) electrons. The molecule has 1 atom stereocenters. The van der Waals surface area contributed by atoms with Crippen LogP contribution in [0.5, 0.6) is 5.75 Å². The first-order valence-corrected chi connectivity index (χ1v) is 12.7. The monoisotopic (exact) mass is 510 g/mol. The van der Waals surface area contributed by atoms with Crippen LogP contribution in [0.3, 0.4) is 0 Å². The van der Waals surface area contributed by atoms with Crippen LogP contribution in [0.1, 0.15) is 38.1 Å². The minimum absolute atomic E-state index is 0.0155. The summed E-state index contributed by atoms with van der Waals surface area (Å²) < 4.78 is 5.62. The van der Waals surface area contributed by atoms with E-state index in [0.29, 0.717) is 32.6 Å². The van der Waals surface area contributed by atoms with Crippen molar-refractivity contribution < 1.29 is 19.4 Å². The number of amides is 1. The number of para-hydroxylation sites is 1. The van der Waals surface area contributed by atoms with Gasteiger partial charge in [-0.1, -0.05) is 60.7 Å². The van der Waals surface area contributed by atoms with Crippen molar-refractivity contribution >= 4 is 28.7 Å². The first-order chi connectivity index (χ1) is 17.8. The highest BCUT2D eigenvalue weighted by Gasteiger charge is 2.46. The number of carbonyl (C=O) groups excluding carboxylic acids is 2. The van der Waals surface area contributed by atoms with Crippen molar-refractivity contribution in [3.8, 4) is 16.3 Å². The van der Waals surface area contributed by atoms with Crippen molar-refractivity contribution in [3.63, 3.8) is 0 Å². The van der Waals surface area contributed by atoms with Gasteiger partial charge >= 0.3 is 0 Å². The Kier molecular flexibility index (Phi) is 6.39. The van der Waals surface area contributed by atoms with Gasteiger partial charge in [-0.3, -0.25) is 14.5 Å². The number of Topliss-reactive ketones (excluding diaryl/α,β-unsaturated/α-hetero) is 1. The highest BCUT2D eigenvalue weighted by atomic mass is 32.1. The van der Waals surface area contributed by atoms with E-state index in [1.807, 2.05) is 80.6 Å². The average Bonchev–Trinajstić information content (AvgIpc) is 3.42. The Hall–Kier alpha value is -4.23. The molecule has 0 saturated heterocycles. The molecule has 0 spiro atoms. The van der Waals surface area contributed by atoms with Crippen LogP contribution in [0.25, 0.3) is 10.6 Å². The quantitative estimate of drug-likeness (QED) is 0.299. The highest BCUT2D eigenvalue weighted by molar-refractivity contribution is 7.17. The molecule has 1 aromatic heterocycles. The zero-order valence-corrected chi connectivity index (χ0v) is 21.8. The van der Waals surface area contributed by atoms with Gasteiger partial charge in [-0.25, -0.2) is 4.98 Å². The Balaban J connectivity index is 1.69. The summed E-state index contributed by atoms with van der Waals surface area (Å²) in [5.41, 5.74) is 4.50. The molecule has 7 heteroatoms. The number of rotatable bonds is 6. The van der Waals surface area contributed by atoms with E-state index in [9.17, 15) is 14.7 Å². The van der Waals surface area contributed by atoms with E-state index in [1.165, 1.54) is 16.2 Å². The van der Waals surface area contributed by atoms with Gasteiger partial charge in [-0.05, 0) is 44.0 Å². The second-order valence-electron chi connectivity index (χ2n) is 9.00. The van der Waals surface area contributed by atoms with Crippen molar-refractivity contribution in [2.45, 2.75) is 26.8 Å². The maximum atomic E-state index is 14.1. The molecule has 4 aromatic rings. The van der Waals surface area contributed by atoms with E-state index < -0.39 is 23.5 Å². The van der Waals surface area contributed by atoms with E-state index in [0.717, 1.165) is 16.7 Å². The smallest absolute Gasteiger partial charge is 0.294 e. The van der Waals surface area contributed by atoms with Crippen LogP contribution >= 0.6 is 11.3 Å². The first-order valence-electron chi connectivity index (χ1n) is 11.9. The number of aliphatic hydroxyl groups is 1. The van der Waals surface area contributed by atoms with Crippen LogP contribution < -0.4 is 9.64 Å². The van der Waals surface area contributed by atoms with Crippen LogP contribution in [-0.2, 0) is 4.79 Å². The Labute approximate surface area is 219 Å². The topological polar surface area (TPSA) is 79.7 Å². The van der Waals surface area contributed by atoms with E-state index in [-0.39, 0.29) is 5.57 Å². The number of ketones is 1. The molecule has 37 heavy (non-hydrogen) atoms. The maximum Gasteiger partial charge on any atom is 0.294 e. The average molecular weight is 511 g/mol. The van der Waals surface area contributed by atoms with Gasteiger partial charge in [0.2, 0.25) is 5.78 Å². The predicted molar refractivity (Wildman–Crippen MR) is 145 cm³/mol. The molecule has 186 valence electrons. The predicted octanol–water partition coefficient (Wildman–Crippen LogP) is 6.53. The summed E-state index contributed by atoms with van der Waals surface area (Å²) in [6.07, 6.45) is 0. The number of aliphatic hydroxyl groups excluding tert-OH is 1. The third-order valence-corrected chi connectivity index (χ3v) is 7.74. The first kappa shape index (κ1) is 24.5. The normalized spacial score (nSPS) is 15.4. The molecule has 6 nitrogen and oxygen atoms in total. The number of aryl methyl sites for hydroxylation is 3. The lowest BCUT2D eigenvalue weighted by atomic mass is 9.93. The van der Waals surface area contributed by atoms with Crippen molar-refractivity contribution in [2.24, 2.45) is 0 Å². The molecule has 2 heterocycles. The molecule has 1 aliphatic heterocycles. The molecule has 0 aliphatic carbocycles. The van der Waals surface area contributed by atoms with Crippen LogP contribution in [0.15, 0.2) is 84.1 Å². The lowest BCUT2D eigenvalue weighted by Gasteiger charge is -2.29. The molecule has 1 unspecified atom stereocenters. The number of benzene rings is 3. The van der Waals surface area contributed by atoms with Gasteiger partial charge in [0.05, 0.1) is 29.3 Å². The number of hydrogen-bond acceptors (Lipinski definition) is 6. The molecule has 0 fully saturated rings. The summed E-state index contributed by atoms with van der Waals surface area (Å²) >= 11 is 1.25. The van der Waals surface area contributed by atoms with Gasteiger partial charge in [0.15, 0.2) is 5.76 Å². The van der Waals surface area contributed by atoms with Gasteiger partial charge in [0, 0.05) is 16.8 Å². The molecule has 0 bridgehead atoms. The number of thiazole rings is 1. The minimum Gasteiger partial charge on any atom is -0.503 e. The summed E-state index contributed by atoms with van der Waals surface area (Å²) in [4.78, 5) is 34.2. The second-order valence-corrected chi connectivity index (χ2v) is 10.00. The number of ether oxygens (including phenoxy) is 1. The van der Waals surface area contributed by atoms with Gasteiger partial charge in [-0.2, -0.15) is 0 Å². The van der Waals surface area contributed by atoms with Gasteiger partial charge in [-0.15, -0.1) is 11.3 Å². The lowest BCUT2D eigenvalue weighted by molar-refractivity contribution is -0.117. The number of aromatic nitrogens is 1. The van der Waals surface area contributed by atoms with Gasteiger partial charge in [0.1, 0.15) is 10.8 Å². The van der Waals surface area contributed by atoms with E-state index in [2.05, 4.69) is 4.98 Å². The summed E-state index contributed by atoms with van der Waals surface area (Å²) in [5, 5.41) is 11.9. The molecule has 1 amide bonds. The van der Waals surface area contributed by atoms with Crippen molar-refractivity contribution in [3.05, 3.63) is 111 Å². The van der Waals surface area contributed by atoms with Crippen molar-refractivity contribution in [2.75, 3.05) is 12.0 Å². The fourth-order valence-electron chi connectivity index (χ4n) is 4.68. The summed E-state index contributed by atoms with van der Waals surface area (Å²) in [5.74, 6) is -1.09. The fourth-order valence-corrected chi connectivity index (χ4v) is 5.71. The number of hydrogen-bond donors (Lipinski definition) is 1. The third-order valence-electron chi connectivity index (χ3n) is 6.53. The Morgan fingerprint density at radius 3 is 2.43 bits per heavy atom. The standard InChI is InChI=1S/C30H26N2O4S/c1-17-14-15-18(2)22(16-17)32-25(21-12-8-9-13-23(21)36-4)24(27(34)30(32)35)26(33)28-19(3)31-29(37-28)20-10-6-5-7-11-20/h5-16,25,34H,1-4H3. The third kappa shape index (κ3) is 4.21. The number of methoxy groups -OCH3 is 1. The maximum absolute atomic E-state index is 14.1. The van der Waals surface area contributed by atoms with Crippen LogP contribution in [-0.4, -0.2) is 28.9 Å². The molecule has 5 rings (SSSR count). The molecular formula is C30H26N2O4S. The Morgan fingerprint density at radius 2 is 1.70 bits per heavy atom. The Bertz CT molecular complexity index is 1560. The second kappa shape index (κ2) is 9.67. The minimum atomic E-state index is -0.877. The molecule has 3 aromatic carbocycles. The molecular weight excluding hydrogens is 484 g/mol. The lowest BCUT2D eigenvalue weighted by Crippen LogP contribution is -2.32. The zero-order chi connectivity index (χ0) is 26.3. The summed E-state index contributed by atoms with van der Waals surface area (Å²) in [6, 6.07) is 21.8. The largest absolute Gasteiger partial charge is 0.503 e. The van der Waals surface area contributed by atoms with Crippen molar-refractivity contribution in [1.29, 1.82) is 0 Å². The zero-order valence-electron chi connectivity index (χ0n) is 21.0. The summed E-state index contributed by atoms with van der Waals surface area (Å²) in [7, 11) is 1.54. The van der Waals surface area contributed by atoms with E-state index in [4.69, 9.17) is 4.74 Å². The van der Waals surface area contributed by atoms with Gasteiger partial charge < -0.3 is 9.84 Å². The number of anilines is 1. The SMILES string of the molecule is COc1ccccc1C1C(C(=O)c2sc(-c3ccccc3)nc2C)=C(O)C(=O)N1c1cc(C)ccc1C. The van der Waals surface area contributed by atoms with Crippen LogP contribution in [0.4, 0.5) is 5.69 Å². The van der Waals surface area contributed by atoms with E-state index in [1.54, 1.807) is 20.1 Å². The van der Waals surface area contributed by atoms with Crippen molar-refractivity contribution in [1.82, 2.24) is 4.98 Å². The Morgan fingerprint density at radius 1 is 1.00 bits per heavy atom. The highest BCUT2D eigenvalue weighted by Crippen LogP contribution is 2.46. The fraction of sp³-hybridized carbons (Fsp3) is 0.167. The van der Waals surface area contributed by atoms with E-state index >= 15 is 0 Å². The van der Waals surface area contributed by atoms with Crippen LogP contribution in [0, 0.1) is 20.8 Å². The molecule has 1 N–H and O–H groups in total. The molecule has 0 saturated carbocycles. The summed E-state index contributed by atoms with van der Waals surface area (Å²) in [6.45, 7) is 5.61. The number of carbonyl (C=O) groups is 2. The van der Waals surface area contributed by atoms with Gasteiger partial charge in [0.25, 0.3) is 5.91 Å². The molecule has 1 aliphatic rings.